The third-order valence-corrected chi connectivity index (χ3v) is 2.50. The van der Waals surface area contributed by atoms with Gasteiger partial charge < -0.3 is 0 Å². The lowest BCUT2D eigenvalue weighted by molar-refractivity contribution is 0.518. The van der Waals surface area contributed by atoms with Crippen LogP contribution in [0.2, 0.25) is 6.32 Å². The van der Waals surface area contributed by atoms with Crippen LogP contribution in [0.5, 0.6) is 0 Å². The van der Waals surface area contributed by atoms with E-state index >= 15 is 0 Å². The summed E-state index contributed by atoms with van der Waals surface area (Å²) in [5.41, 5.74) is 0. The molecule has 0 saturated heterocycles. The van der Waals surface area contributed by atoms with Gasteiger partial charge in [-0.05, 0) is 0 Å². The molecule has 0 aliphatic heterocycles. The van der Waals surface area contributed by atoms with Gasteiger partial charge in [0.1, 0.15) is 7.85 Å². The first-order chi connectivity index (χ1) is 5.31. The Morgan fingerprint density at radius 2 is 1.73 bits per heavy atom. The molecule has 1 unspecified atom stereocenters. The molecule has 0 amide bonds. The highest BCUT2D eigenvalue weighted by atomic mass is 14.0. The smallest absolute Gasteiger partial charge is 0.0785 e. The van der Waals surface area contributed by atoms with E-state index in [1.54, 1.807) is 0 Å². The van der Waals surface area contributed by atoms with E-state index in [9.17, 15) is 0 Å². The summed E-state index contributed by atoms with van der Waals surface area (Å²) in [5.74, 6) is 0.955. The molecule has 0 aromatic carbocycles. The molecule has 66 valence electrons. The molecule has 0 radical (unpaired) electrons. The maximum absolute atomic E-state index is 2.36. The average Bonchev–Trinajstić information content (AvgIpc) is 2.04. The minimum Gasteiger partial charge on any atom is -0.0785 e. The van der Waals surface area contributed by atoms with Gasteiger partial charge in [0.05, 0.1) is 0 Å². The molecule has 1 heteroatoms. The summed E-state index contributed by atoms with van der Waals surface area (Å²) in [4.78, 5) is 0. The molecular formula is C10H23B. The molecule has 11 heavy (non-hydrogen) atoms. The largest absolute Gasteiger partial charge is 0.101 e. The Kier molecular flexibility index (Phi) is 8.21. The van der Waals surface area contributed by atoms with E-state index in [1.165, 1.54) is 44.8 Å². The molecule has 0 spiro atoms. The van der Waals surface area contributed by atoms with Crippen LogP contribution in [-0.4, -0.2) is 7.85 Å². The van der Waals surface area contributed by atoms with Gasteiger partial charge in [-0.1, -0.05) is 64.6 Å². The fraction of sp³-hybridized carbons (Fsp3) is 1.00. The van der Waals surface area contributed by atoms with Crippen LogP contribution >= 0.6 is 0 Å². The van der Waals surface area contributed by atoms with E-state index in [-0.39, 0.29) is 0 Å². The highest BCUT2D eigenvalue weighted by Gasteiger charge is 1.97. The summed E-state index contributed by atoms with van der Waals surface area (Å²) in [6.07, 6.45) is 9.96. The van der Waals surface area contributed by atoms with Gasteiger partial charge in [0.15, 0.2) is 0 Å². The van der Waals surface area contributed by atoms with Crippen molar-refractivity contribution in [2.75, 3.05) is 0 Å². The van der Waals surface area contributed by atoms with E-state index in [4.69, 9.17) is 0 Å². The molecule has 0 saturated carbocycles. The van der Waals surface area contributed by atoms with Gasteiger partial charge >= 0.3 is 0 Å². The lowest BCUT2D eigenvalue weighted by Crippen LogP contribution is -1.92. The zero-order chi connectivity index (χ0) is 8.53. The first kappa shape index (κ1) is 11.1. The van der Waals surface area contributed by atoms with Crippen LogP contribution in [-0.2, 0) is 0 Å². The van der Waals surface area contributed by atoms with Crippen LogP contribution in [0.3, 0.4) is 0 Å². The highest BCUT2D eigenvalue weighted by molar-refractivity contribution is 6.08. The summed E-state index contributed by atoms with van der Waals surface area (Å²) in [5, 5.41) is 0. The first-order valence-electron chi connectivity index (χ1n) is 5.31. The molecule has 0 fully saturated rings. The predicted molar refractivity (Wildman–Crippen MR) is 55.9 cm³/mol. The van der Waals surface area contributed by atoms with Gasteiger partial charge in [0, 0.05) is 0 Å². The van der Waals surface area contributed by atoms with Gasteiger partial charge in [0.2, 0.25) is 0 Å². The van der Waals surface area contributed by atoms with Gasteiger partial charge in [-0.15, -0.1) is 0 Å². The summed E-state index contributed by atoms with van der Waals surface area (Å²) < 4.78 is 0. The van der Waals surface area contributed by atoms with Crippen LogP contribution in [0.25, 0.3) is 0 Å². The Hall–Kier alpha value is 0.0649. The molecule has 0 nitrogen and oxygen atoms in total. The molecule has 0 aromatic heterocycles. The molecule has 0 aliphatic carbocycles. The lowest BCUT2D eigenvalue weighted by atomic mass is 9.89. The van der Waals surface area contributed by atoms with Crippen LogP contribution in [0, 0.1) is 5.92 Å². The summed E-state index contributed by atoms with van der Waals surface area (Å²) in [7, 11) is 2.29. The maximum atomic E-state index is 2.36. The zero-order valence-electron chi connectivity index (χ0n) is 8.53. The van der Waals surface area contributed by atoms with Gasteiger partial charge in [-0.3, -0.25) is 0 Å². The summed E-state index contributed by atoms with van der Waals surface area (Å²) in [6, 6.07) is 0. The van der Waals surface area contributed by atoms with Gasteiger partial charge in [-0.2, -0.15) is 0 Å². The Bertz CT molecular complexity index is 71.3. The van der Waals surface area contributed by atoms with E-state index in [2.05, 4.69) is 21.7 Å². The highest BCUT2D eigenvalue weighted by Crippen LogP contribution is 2.12. The molecule has 1 atom stereocenters. The Morgan fingerprint density at radius 1 is 1.09 bits per heavy atom. The zero-order valence-corrected chi connectivity index (χ0v) is 8.53. The van der Waals surface area contributed by atoms with Crippen molar-refractivity contribution in [2.24, 2.45) is 5.92 Å². The van der Waals surface area contributed by atoms with Crippen LogP contribution < -0.4 is 0 Å². The summed E-state index contributed by atoms with van der Waals surface area (Å²) >= 11 is 0. The molecule has 0 aliphatic rings. The minimum absolute atomic E-state index is 0.955. The Morgan fingerprint density at radius 3 is 2.27 bits per heavy atom. The van der Waals surface area contributed by atoms with Crippen molar-refractivity contribution in [3.63, 3.8) is 0 Å². The topological polar surface area (TPSA) is 0 Å². The number of hydrogen-bond donors (Lipinski definition) is 0. The third-order valence-electron chi connectivity index (χ3n) is 2.50. The monoisotopic (exact) mass is 154 g/mol. The first-order valence-corrected chi connectivity index (χ1v) is 5.31. The van der Waals surface area contributed by atoms with Crippen molar-refractivity contribution < 1.29 is 0 Å². The number of rotatable bonds is 7. The molecule has 0 aromatic rings. The lowest BCUT2D eigenvalue weighted by Gasteiger charge is -2.06. The Balaban J connectivity index is 2.89. The normalized spacial score (nSPS) is 13.3. The SMILES string of the molecule is BCC(C)CCCCCCC. The van der Waals surface area contributed by atoms with Gasteiger partial charge in [-0.25, -0.2) is 0 Å². The number of unbranched alkanes of at least 4 members (excludes halogenated alkanes) is 4. The van der Waals surface area contributed by atoms with Crippen LogP contribution in [0.4, 0.5) is 0 Å². The molecule has 0 rings (SSSR count). The van der Waals surface area contributed by atoms with Crippen molar-refractivity contribution in [3.05, 3.63) is 0 Å². The van der Waals surface area contributed by atoms with Crippen molar-refractivity contribution in [1.82, 2.24) is 0 Å². The van der Waals surface area contributed by atoms with E-state index in [0.29, 0.717) is 0 Å². The van der Waals surface area contributed by atoms with Gasteiger partial charge in [0.25, 0.3) is 0 Å². The van der Waals surface area contributed by atoms with Crippen molar-refractivity contribution in [1.29, 1.82) is 0 Å². The van der Waals surface area contributed by atoms with Crippen molar-refractivity contribution in [3.8, 4) is 0 Å². The average molecular weight is 154 g/mol. The summed E-state index contributed by atoms with van der Waals surface area (Å²) in [6.45, 7) is 4.63. The van der Waals surface area contributed by atoms with E-state index in [1.807, 2.05) is 0 Å². The fourth-order valence-corrected chi connectivity index (χ4v) is 1.30. The molecule has 0 heterocycles. The van der Waals surface area contributed by atoms with Crippen LogP contribution in [0.15, 0.2) is 0 Å². The fourth-order valence-electron chi connectivity index (χ4n) is 1.30. The Labute approximate surface area is 73.2 Å². The molecular weight excluding hydrogens is 131 g/mol. The molecule has 0 bridgehead atoms. The minimum atomic E-state index is 0.955. The standard InChI is InChI=1S/C10H23B/c1-3-4-5-6-7-8-10(2)9-11/h10H,3-9,11H2,1-2H3. The quantitative estimate of drug-likeness (QED) is 0.390. The number of hydrogen-bond acceptors (Lipinski definition) is 0. The second kappa shape index (κ2) is 8.16. The van der Waals surface area contributed by atoms with E-state index < -0.39 is 0 Å². The van der Waals surface area contributed by atoms with Crippen molar-refractivity contribution >= 4 is 7.85 Å². The van der Waals surface area contributed by atoms with Crippen molar-refractivity contribution in [2.45, 2.75) is 58.7 Å². The predicted octanol–water partition coefficient (Wildman–Crippen LogP) is 3.03. The third kappa shape index (κ3) is 7.97. The molecule has 0 N–H and O–H groups in total. The second-order valence-electron chi connectivity index (χ2n) is 3.72. The van der Waals surface area contributed by atoms with E-state index in [0.717, 1.165) is 5.92 Å². The maximum Gasteiger partial charge on any atom is 0.101 e. The second-order valence-corrected chi connectivity index (χ2v) is 3.72. The van der Waals surface area contributed by atoms with Crippen LogP contribution in [0.1, 0.15) is 52.4 Å².